The van der Waals surface area contributed by atoms with E-state index in [1.165, 1.54) is 19.3 Å². The number of piperidine rings is 1. The Kier molecular flexibility index (Phi) is 6.52. The minimum Gasteiger partial charge on any atom is -0.385 e. The van der Waals surface area contributed by atoms with Crippen LogP contribution in [0.15, 0.2) is 0 Å². The van der Waals surface area contributed by atoms with E-state index in [4.69, 9.17) is 4.74 Å². The molecule has 0 radical (unpaired) electrons. The second kappa shape index (κ2) is 7.67. The number of likely N-dealkylation sites (tertiary alicyclic amines) is 1. The molecule has 0 aliphatic carbocycles. The first kappa shape index (κ1) is 14.5. The molecule has 0 aromatic carbocycles. The van der Waals surface area contributed by atoms with Crippen molar-refractivity contribution in [1.29, 1.82) is 0 Å². The molecule has 0 N–H and O–H groups in total. The Morgan fingerprint density at radius 3 is 2.82 bits per heavy atom. The van der Waals surface area contributed by atoms with E-state index in [0.717, 1.165) is 26.0 Å². The highest BCUT2D eigenvalue weighted by Crippen LogP contribution is 2.20. The fourth-order valence-corrected chi connectivity index (χ4v) is 2.37. The summed E-state index contributed by atoms with van der Waals surface area (Å²) in [7, 11) is 5.40. The Hall–Kier alpha value is -0.610. The molecule has 0 bridgehead atoms. The first-order valence-corrected chi connectivity index (χ1v) is 6.58. The van der Waals surface area contributed by atoms with Crippen LogP contribution < -0.4 is 0 Å². The van der Waals surface area contributed by atoms with Crippen LogP contribution in [-0.2, 0) is 9.53 Å². The summed E-state index contributed by atoms with van der Waals surface area (Å²) in [6.45, 7) is 2.47. The lowest BCUT2D eigenvalue weighted by Crippen LogP contribution is -2.45. The molecular weight excluding hydrogens is 216 g/mol. The molecule has 100 valence electrons. The zero-order valence-electron chi connectivity index (χ0n) is 11.4. The van der Waals surface area contributed by atoms with Crippen LogP contribution in [0.5, 0.6) is 0 Å². The van der Waals surface area contributed by atoms with Crippen LogP contribution in [0.2, 0.25) is 0 Å². The molecule has 0 saturated carbocycles. The lowest BCUT2D eigenvalue weighted by molar-refractivity contribution is -0.130. The zero-order chi connectivity index (χ0) is 12.7. The molecule has 0 aromatic heterocycles. The van der Waals surface area contributed by atoms with E-state index in [1.807, 2.05) is 14.1 Å². The van der Waals surface area contributed by atoms with Crippen LogP contribution in [-0.4, -0.2) is 62.7 Å². The van der Waals surface area contributed by atoms with Gasteiger partial charge in [-0.15, -0.1) is 0 Å². The van der Waals surface area contributed by atoms with E-state index < -0.39 is 0 Å². The van der Waals surface area contributed by atoms with Crippen LogP contribution in [0.4, 0.5) is 0 Å². The lowest BCUT2D eigenvalue weighted by atomic mass is 9.98. The van der Waals surface area contributed by atoms with Crippen molar-refractivity contribution >= 4 is 5.91 Å². The van der Waals surface area contributed by atoms with Crippen molar-refractivity contribution in [1.82, 2.24) is 9.80 Å². The molecule has 1 fully saturated rings. The number of rotatable bonds is 6. The minimum atomic E-state index is 0.212. The van der Waals surface area contributed by atoms with E-state index >= 15 is 0 Å². The molecular formula is C13H26N2O2. The van der Waals surface area contributed by atoms with Crippen LogP contribution in [0, 0.1) is 0 Å². The number of ether oxygens (including phenoxy) is 1. The van der Waals surface area contributed by atoms with Crippen molar-refractivity contribution < 1.29 is 9.53 Å². The third-order valence-corrected chi connectivity index (χ3v) is 3.47. The van der Waals surface area contributed by atoms with Gasteiger partial charge in [0.25, 0.3) is 0 Å². The summed E-state index contributed by atoms with van der Waals surface area (Å²) >= 11 is 0. The number of carbonyl (C=O) groups is 1. The topological polar surface area (TPSA) is 32.8 Å². The molecule has 1 heterocycles. The molecule has 4 nitrogen and oxygen atoms in total. The maximum Gasteiger partial charge on any atom is 0.236 e. The van der Waals surface area contributed by atoms with Crippen LogP contribution in [0.25, 0.3) is 0 Å². The first-order valence-electron chi connectivity index (χ1n) is 6.58. The van der Waals surface area contributed by atoms with Gasteiger partial charge in [-0.1, -0.05) is 6.42 Å². The van der Waals surface area contributed by atoms with Gasteiger partial charge in [0.05, 0.1) is 6.54 Å². The summed E-state index contributed by atoms with van der Waals surface area (Å²) in [4.78, 5) is 15.8. The van der Waals surface area contributed by atoms with E-state index in [-0.39, 0.29) is 5.91 Å². The maximum absolute atomic E-state index is 11.7. The molecule has 1 unspecified atom stereocenters. The van der Waals surface area contributed by atoms with Crippen molar-refractivity contribution in [3.8, 4) is 0 Å². The Morgan fingerprint density at radius 1 is 1.41 bits per heavy atom. The second-order valence-corrected chi connectivity index (χ2v) is 5.04. The lowest BCUT2D eigenvalue weighted by Gasteiger charge is -2.35. The Balaban J connectivity index is 2.39. The largest absolute Gasteiger partial charge is 0.385 e. The highest BCUT2D eigenvalue weighted by Gasteiger charge is 2.24. The molecule has 4 heteroatoms. The normalized spacial score (nSPS) is 21.5. The minimum absolute atomic E-state index is 0.212. The number of carbonyl (C=O) groups excluding carboxylic acids is 1. The quantitative estimate of drug-likeness (QED) is 0.659. The summed E-state index contributed by atoms with van der Waals surface area (Å²) in [6, 6.07) is 0.572. The van der Waals surface area contributed by atoms with Crippen molar-refractivity contribution in [3.63, 3.8) is 0 Å². The second-order valence-electron chi connectivity index (χ2n) is 5.04. The standard InChI is InChI=1S/C13H26N2O2/c1-14(2)13(16)11-15-9-5-4-7-12(15)8-6-10-17-3/h12H,4-11H2,1-3H3. The van der Waals surface area contributed by atoms with Crippen molar-refractivity contribution in [2.45, 2.75) is 38.1 Å². The highest BCUT2D eigenvalue weighted by atomic mass is 16.5. The van der Waals surface area contributed by atoms with Crippen LogP contribution in [0.1, 0.15) is 32.1 Å². The highest BCUT2D eigenvalue weighted by molar-refractivity contribution is 5.77. The number of likely N-dealkylation sites (N-methyl/N-ethyl adjacent to an activating group) is 1. The number of methoxy groups -OCH3 is 1. The third kappa shape index (κ3) is 5.04. The van der Waals surface area contributed by atoms with Crippen molar-refractivity contribution in [2.24, 2.45) is 0 Å². The average molecular weight is 242 g/mol. The molecule has 0 spiro atoms. The van der Waals surface area contributed by atoms with Crippen LogP contribution in [0.3, 0.4) is 0 Å². The molecule has 1 aliphatic rings. The molecule has 1 atom stereocenters. The summed E-state index contributed by atoms with van der Waals surface area (Å²) < 4.78 is 5.09. The van der Waals surface area contributed by atoms with Gasteiger partial charge in [0.2, 0.25) is 5.91 Å². The Morgan fingerprint density at radius 2 is 2.18 bits per heavy atom. The molecule has 1 rings (SSSR count). The number of hydrogen-bond acceptors (Lipinski definition) is 3. The zero-order valence-corrected chi connectivity index (χ0v) is 11.4. The fourth-order valence-electron chi connectivity index (χ4n) is 2.37. The van der Waals surface area contributed by atoms with Gasteiger partial charge in [-0.3, -0.25) is 9.69 Å². The van der Waals surface area contributed by atoms with E-state index in [1.54, 1.807) is 12.0 Å². The predicted octanol–water partition coefficient (Wildman–Crippen LogP) is 1.36. The van der Waals surface area contributed by atoms with Gasteiger partial charge in [0.15, 0.2) is 0 Å². The van der Waals surface area contributed by atoms with Gasteiger partial charge in [-0.25, -0.2) is 0 Å². The molecule has 1 aliphatic heterocycles. The summed E-state index contributed by atoms with van der Waals surface area (Å²) in [5.41, 5.74) is 0. The fraction of sp³-hybridized carbons (Fsp3) is 0.923. The predicted molar refractivity (Wildman–Crippen MR) is 69.0 cm³/mol. The van der Waals surface area contributed by atoms with E-state index in [0.29, 0.717) is 12.6 Å². The van der Waals surface area contributed by atoms with Gasteiger partial charge < -0.3 is 9.64 Å². The summed E-state index contributed by atoms with van der Waals surface area (Å²) in [6.07, 6.45) is 5.98. The molecule has 1 saturated heterocycles. The van der Waals surface area contributed by atoms with E-state index in [2.05, 4.69) is 4.90 Å². The number of hydrogen-bond donors (Lipinski definition) is 0. The Bertz CT molecular complexity index is 231. The number of amides is 1. The van der Waals surface area contributed by atoms with Crippen molar-refractivity contribution in [3.05, 3.63) is 0 Å². The van der Waals surface area contributed by atoms with Gasteiger partial charge >= 0.3 is 0 Å². The summed E-state index contributed by atoms with van der Waals surface area (Å²) in [5.74, 6) is 0.212. The smallest absolute Gasteiger partial charge is 0.236 e. The van der Waals surface area contributed by atoms with Gasteiger partial charge in [0.1, 0.15) is 0 Å². The monoisotopic (exact) mass is 242 g/mol. The third-order valence-electron chi connectivity index (χ3n) is 3.47. The summed E-state index contributed by atoms with van der Waals surface area (Å²) in [5, 5.41) is 0. The molecule has 17 heavy (non-hydrogen) atoms. The molecule has 0 aromatic rings. The van der Waals surface area contributed by atoms with Crippen LogP contribution >= 0.6 is 0 Å². The Labute approximate surface area is 105 Å². The van der Waals surface area contributed by atoms with Gasteiger partial charge in [-0.2, -0.15) is 0 Å². The first-order chi connectivity index (χ1) is 8.15. The number of nitrogens with zero attached hydrogens (tertiary/aromatic N) is 2. The van der Waals surface area contributed by atoms with Gasteiger partial charge in [-0.05, 0) is 32.2 Å². The van der Waals surface area contributed by atoms with Gasteiger partial charge in [0, 0.05) is 33.9 Å². The SMILES string of the molecule is COCCCC1CCCCN1CC(=O)N(C)C. The van der Waals surface area contributed by atoms with E-state index in [9.17, 15) is 4.79 Å². The average Bonchev–Trinajstić information content (AvgIpc) is 2.31. The molecule has 1 amide bonds. The van der Waals surface area contributed by atoms with Crippen molar-refractivity contribution in [2.75, 3.05) is 40.9 Å². The maximum atomic E-state index is 11.7.